The van der Waals surface area contributed by atoms with Gasteiger partial charge in [0.25, 0.3) is 0 Å². The first-order valence-corrected chi connectivity index (χ1v) is 13.5. The summed E-state index contributed by atoms with van der Waals surface area (Å²) >= 11 is 0. The Bertz CT molecular complexity index is 1640. The Kier molecular flexibility index (Phi) is 7.25. The average molecular weight is 558 g/mol. The SMILES string of the molecule is CCN(C)S(=O)(=O)Nc1ccc(F)c(C(=O)c2c[nH]c3ncc(-c4cnc(N5CCOCC5)nc4)cc23)c1F. The van der Waals surface area contributed by atoms with Crippen molar-refractivity contribution >= 4 is 38.7 Å². The minimum absolute atomic E-state index is 0.0336. The first-order valence-electron chi connectivity index (χ1n) is 12.1. The molecule has 5 rings (SSSR count). The summed E-state index contributed by atoms with van der Waals surface area (Å²) in [5, 5.41) is 0.324. The zero-order valence-corrected chi connectivity index (χ0v) is 21.9. The number of aromatic nitrogens is 4. The number of pyridine rings is 1. The van der Waals surface area contributed by atoms with Crippen molar-refractivity contribution in [1.82, 2.24) is 24.2 Å². The number of morpholine rings is 1. The number of fused-ring (bicyclic) bond motifs is 1. The van der Waals surface area contributed by atoms with Gasteiger partial charge in [0.1, 0.15) is 11.5 Å². The van der Waals surface area contributed by atoms with E-state index in [4.69, 9.17) is 4.74 Å². The van der Waals surface area contributed by atoms with E-state index in [1.807, 2.05) is 4.90 Å². The van der Waals surface area contributed by atoms with E-state index in [0.717, 1.165) is 16.4 Å². The summed E-state index contributed by atoms with van der Waals surface area (Å²) in [6, 6.07) is 3.42. The van der Waals surface area contributed by atoms with Crippen LogP contribution in [0.4, 0.5) is 20.4 Å². The third kappa shape index (κ3) is 5.17. The van der Waals surface area contributed by atoms with Gasteiger partial charge in [-0.25, -0.2) is 23.7 Å². The van der Waals surface area contributed by atoms with Crippen LogP contribution in [0.1, 0.15) is 22.8 Å². The highest BCUT2D eigenvalue weighted by atomic mass is 32.2. The highest BCUT2D eigenvalue weighted by Crippen LogP contribution is 2.29. The largest absolute Gasteiger partial charge is 0.378 e. The van der Waals surface area contributed by atoms with E-state index < -0.39 is 38.9 Å². The number of carbonyl (C=O) groups excluding carboxylic acids is 1. The molecule has 1 saturated heterocycles. The molecule has 1 fully saturated rings. The summed E-state index contributed by atoms with van der Waals surface area (Å²) in [5.74, 6) is -2.85. The quantitative estimate of drug-likeness (QED) is 0.316. The second-order valence-electron chi connectivity index (χ2n) is 8.83. The summed E-state index contributed by atoms with van der Waals surface area (Å²) < 4.78 is 63.2. The fourth-order valence-corrected chi connectivity index (χ4v) is 5.04. The van der Waals surface area contributed by atoms with E-state index in [1.165, 1.54) is 13.2 Å². The molecular formula is C25H25F2N7O4S. The molecule has 204 valence electrons. The van der Waals surface area contributed by atoms with Crippen molar-refractivity contribution in [3.05, 3.63) is 65.7 Å². The van der Waals surface area contributed by atoms with Crippen LogP contribution >= 0.6 is 0 Å². The summed E-state index contributed by atoms with van der Waals surface area (Å²) in [6.07, 6.45) is 6.15. The first kappa shape index (κ1) is 26.6. The molecule has 0 saturated carbocycles. The Hall–Kier alpha value is -4.01. The van der Waals surface area contributed by atoms with Gasteiger partial charge in [0.2, 0.25) is 11.7 Å². The van der Waals surface area contributed by atoms with Gasteiger partial charge in [0.15, 0.2) is 5.82 Å². The minimum Gasteiger partial charge on any atom is -0.378 e. The lowest BCUT2D eigenvalue weighted by Crippen LogP contribution is -2.37. The van der Waals surface area contributed by atoms with Crippen molar-refractivity contribution in [3.63, 3.8) is 0 Å². The Labute approximate surface area is 223 Å². The molecule has 2 N–H and O–H groups in total. The molecule has 39 heavy (non-hydrogen) atoms. The summed E-state index contributed by atoms with van der Waals surface area (Å²) in [7, 11) is -2.80. The van der Waals surface area contributed by atoms with Crippen LogP contribution in [0.5, 0.6) is 0 Å². The van der Waals surface area contributed by atoms with Gasteiger partial charge in [-0.1, -0.05) is 6.92 Å². The Morgan fingerprint density at radius 1 is 1.13 bits per heavy atom. The molecule has 3 aromatic heterocycles. The predicted octanol–water partition coefficient (Wildman–Crippen LogP) is 2.97. The van der Waals surface area contributed by atoms with Crippen LogP contribution in [0.25, 0.3) is 22.2 Å². The van der Waals surface area contributed by atoms with Gasteiger partial charge in [-0.2, -0.15) is 12.7 Å². The molecule has 4 aromatic rings. The van der Waals surface area contributed by atoms with E-state index in [9.17, 15) is 17.6 Å². The number of carbonyl (C=O) groups is 1. The van der Waals surface area contributed by atoms with Crippen LogP contribution in [0, 0.1) is 11.6 Å². The van der Waals surface area contributed by atoms with Crippen molar-refractivity contribution < 1.29 is 26.7 Å². The average Bonchev–Trinajstić information content (AvgIpc) is 3.38. The number of halogens is 2. The van der Waals surface area contributed by atoms with Crippen LogP contribution in [0.15, 0.2) is 43.0 Å². The standard InChI is InChI=1S/C25H25F2N7O4S/c1-3-33(2)39(36,37)32-20-5-4-19(26)21(22(20)27)23(35)18-14-29-24-17(18)10-15(11-28-24)16-12-30-25(31-13-16)34-6-8-38-9-7-34/h4-5,10-14,32H,3,6-9H2,1-2H3,(H,28,29). The normalized spacial score (nSPS) is 14.2. The number of ether oxygens (including phenoxy) is 1. The Morgan fingerprint density at radius 3 is 2.51 bits per heavy atom. The number of nitrogens with one attached hydrogen (secondary N) is 2. The molecule has 11 nitrogen and oxygen atoms in total. The van der Waals surface area contributed by atoms with E-state index >= 15 is 4.39 Å². The molecule has 1 aliphatic heterocycles. The number of nitrogens with zero attached hydrogens (tertiary/aromatic N) is 5. The van der Waals surface area contributed by atoms with Gasteiger partial charge >= 0.3 is 10.2 Å². The van der Waals surface area contributed by atoms with Crippen LogP contribution in [0.3, 0.4) is 0 Å². The van der Waals surface area contributed by atoms with E-state index in [0.29, 0.717) is 54.4 Å². The fraction of sp³-hybridized carbons (Fsp3) is 0.280. The molecule has 0 aliphatic carbocycles. The zero-order chi connectivity index (χ0) is 27.7. The fourth-order valence-electron chi connectivity index (χ4n) is 4.11. The minimum atomic E-state index is -4.10. The number of rotatable bonds is 8. The smallest absolute Gasteiger partial charge is 0.301 e. The van der Waals surface area contributed by atoms with Crippen LogP contribution in [-0.4, -0.2) is 78.3 Å². The Balaban J connectivity index is 1.48. The third-order valence-corrected chi connectivity index (χ3v) is 8.01. The van der Waals surface area contributed by atoms with E-state index in [-0.39, 0.29) is 12.1 Å². The predicted molar refractivity (Wildman–Crippen MR) is 141 cm³/mol. The van der Waals surface area contributed by atoms with Crippen molar-refractivity contribution in [2.45, 2.75) is 6.92 Å². The molecule has 0 bridgehead atoms. The number of hydrogen-bond acceptors (Lipinski definition) is 8. The maximum Gasteiger partial charge on any atom is 0.301 e. The molecule has 1 aromatic carbocycles. The molecule has 14 heteroatoms. The van der Waals surface area contributed by atoms with Gasteiger partial charge in [-0.15, -0.1) is 0 Å². The molecule has 1 aliphatic rings. The Morgan fingerprint density at radius 2 is 1.82 bits per heavy atom. The molecule has 0 amide bonds. The number of benzene rings is 1. The van der Waals surface area contributed by atoms with E-state index in [1.54, 1.807) is 31.6 Å². The lowest BCUT2D eigenvalue weighted by molar-refractivity contribution is 0.103. The number of aromatic amines is 1. The maximum absolute atomic E-state index is 15.3. The zero-order valence-electron chi connectivity index (χ0n) is 21.1. The maximum atomic E-state index is 15.3. The van der Waals surface area contributed by atoms with Crippen LogP contribution in [-0.2, 0) is 14.9 Å². The highest BCUT2D eigenvalue weighted by molar-refractivity contribution is 7.90. The van der Waals surface area contributed by atoms with Crippen LogP contribution in [0.2, 0.25) is 0 Å². The lowest BCUT2D eigenvalue weighted by Gasteiger charge is -2.26. The molecule has 0 atom stereocenters. The topological polar surface area (TPSA) is 133 Å². The summed E-state index contributed by atoms with van der Waals surface area (Å²) in [5.41, 5.74) is 0.0866. The highest BCUT2D eigenvalue weighted by Gasteiger charge is 2.27. The molecular weight excluding hydrogens is 532 g/mol. The van der Waals surface area contributed by atoms with E-state index in [2.05, 4.69) is 24.7 Å². The first-order chi connectivity index (χ1) is 18.7. The van der Waals surface area contributed by atoms with Crippen LogP contribution < -0.4 is 9.62 Å². The molecule has 0 unspecified atom stereocenters. The monoisotopic (exact) mass is 557 g/mol. The third-order valence-electron chi connectivity index (χ3n) is 6.45. The molecule has 4 heterocycles. The van der Waals surface area contributed by atoms with Gasteiger partial charge in [0.05, 0.1) is 24.5 Å². The van der Waals surface area contributed by atoms with Crippen molar-refractivity contribution in [1.29, 1.82) is 0 Å². The van der Waals surface area contributed by atoms with Crippen molar-refractivity contribution in [3.8, 4) is 11.1 Å². The lowest BCUT2D eigenvalue weighted by atomic mass is 10.0. The van der Waals surface area contributed by atoms with Gasteiger partial charge < -0.3 is 14.6 Å². The molecule has 0 spiro atoms. The van der Waals surface area contributed by atoms with Crippen molar-refractivity contribution in [2.24, 2.45) is 0 Å². The molecule has 0 radical (unpaired) electrons. The summed E-state index contributed by atoms with van der Waals surface area (Å²) in [6.45, 7) is 4.29. The summed E-state index contributed by atoms with van der Waals surface area (Å²) in [4.78, 5) is 31.4. The second-order valence-corrected chi connectivity index (χ2v) is 10.6. The number of hydrogen-bond donors (Lipinski definition) is 2. The number of anilines is 2. The van der Waals surface area contributed by atoms with Gasteiger partial charge in [-0.3, -0.25) is 9.52 Å². The second kappa shape index (κ2) is 10.6. The van der Waals surface area contributed by atoms with Crippen molar-refractivity contribution in [2.75, 3.05) is 49.5 Å². The number of ketones is 1. The van der Waals surface area contributed by atoms with Gasteiger partial charge in [0, 0.05) is 73.5 Å². The number of H-pyrrole nitrogens is 1. The van der Waals surface area contributed by atoms with Gasteiger partial charge in [-0.05, 0) is 18.2 Å².